The van der Waals surface area contributed by atoms with E-state index in [1.807, 2.05) is 6.07 Å². The minimum atomic E-state index is -0.0310. The molecule has 0 bridgehead atoms. The third-order valence-corrected chi connectivity index (χ3v) is 5.95. The number of morpholine rings is 1. The fraction of sp³-hybridized carbons (Fsp3) is 0.650. The Bertz CT molecular complexity index is 568. The third-order valence-electron chi connectivity index (χ3n) is 5.95. The molecule has 1 spiro atoms. The second kappa shape index (κ2) is 6.85. The molecule has 1 aromatic rings. The van der Waals surface area contributed by atoms with E-state index in [-0.39, 0.29) is 11.6 Å². The van der Waals surface area contributed by atoms with E-state index in [1.165, 1.54) is 18.4 Å². The van der Waals surface area contributed by atoms with E-state index in [4.69, 9.17) is 4.74 Å². The molecule has 1 saturated carbocycles. The zero-order valence-corrected chi connectivity index (χ0v) is 14.5. The summed E-state index contributed by atoms with van der Waals surface area (Å²) in [6, 6.07) is 10.6. The van der Waals surface area contributed by atoms with E-state index in [9.17, 15) is 4.79 Å². The predicted molar refractivity (Wildman–Crippen MR) is 93.6 cm³/mol. The van der Waals surface area contributed by atoms with Gasteiger partial charge in [0, 0.05) is 19.6 Å². The van der Waals surface area contributed by atoms with Crippen molar-refractivity contribution in [3.8, 4) is 0 Å². The molecule has 0 aromatic heterocycles. The molecule has 3 aliphatic rings. The van der Waals surface area contributed by atoms with Crippen molar-refractivity contribution in [3.63, 3.8) is 0 Å². The van der Waals surface area contributed by atoms with Crippen molar-refractivity contribution >= 4 is 5.91 Å². The highest BCUT2D eigenvalue weighted by atomic mass is 16.5. The lowest BCUT2D eigenvalue weighted by Crippen LogP contribution is -2.56. The van der Waals surface area contributed by atoms with Crippen LogP contribution in [0.1, 0.15) is 44.1 Å². The summed E-state index contributed by atoms with van der Waals surface area (Å²) in [5.74, 6) is 0.331. The number of amides is 1. The van der Waals surface area contributed by atoms with Gasteiger partial charge in [0.25, 0.3) is 0 Å². The molecular weight excluding hydrogens is 300 g/mol. The number of likely N-dealkylation sites (tertiary alicyclic amines) is 1. The summed E-state index contributed by atoms with van der Waals surface area (Å²) in [4.78, 5) is 17.6. The van der Waals surface area contributed by atoms with Crippen LogP contribution < -0.4 is 0 Å². The van der Waals surface area contributed by atoms with Crippen LogP contribution >= 0.6 is 0 Å². The maximum atomic E-state index is 13.2. The van der Waals surface area contributed by atoms with Crippen molar-refractivity contribution in [1.29, 1.82) is 0 Å². The minimum absolute atomic E-state index is 0.0310. The second-order valence-corrected chi connectivity index (χ2v) is 7.61. The summed E-state index contributed by atoms with van der Waals surface area (Å²) < 4.78 is 6.08. The van der Waals surface area contributed by atoms with Gasteiger partial charge in [-0.25, -0.2) is 0 Å². The maximum Gasteiger partial charge on any atom is 0.240 e. The lowest BCUT2D eigenvalue weighted by atomic mass is 9.99. The molecule has 1 amide bonds. The molecule has 0 N–H and O–H groups in total. The number of rotatable bonds is 3. The van der Waals surface area contributed by atoms with Crippen molar-refractivity contribution in [2.24, 2.45) is 0 Å². The average Bonchev–Trinajstić information content (AvgIpc) is 3.25. The molecular formula is C20H28N2O2. The van der Waals surface area contributed by atoms with Crippen molar-refractivity contribution in [3.05, 3.63) is 35.9 Å². The van der Waals surface area contributed by atoms with Crippen LogP contribution in [0.5, 0.6) is 0 Å². The van der Waals surface area contributed by atoms with Gasteiger partial charge < -0.3 is 9.64 Å². The van der Waals surface area contributed by atoms with Gasteiger partial charge in [-0.15, -0.1) is 0 Å². The van der Waals surface area contributed by atoms with Gasteiger partial charge in [0.05, 0.1) is 18.2 Å². The molecule has 2 aliphatic heterocycles. The highest BCUT2D eigenvalue weighted by Gasteiger charge is 2.43. The SMILES string of the molecule is O=C([C@@H]1CCCN1Cc1ccccc1)N1CCOC2(CCCC2)C1. The normalized spacial score (nSPS) is 27.0. The molecule has 1 aliphatic carbocycles. The summed E-state index contributed by atoms with van der Waals surface area (Å²) >= 11 is 0. The van der Waals surface area contributed by atoms with E-state index in [1.54, 1.807) is 0 Å². The Morgan fingerprint density at radius 2 is 1.92 bits per heavy atom. The van der Waals surface area contributed by atoms with E-state index >= 15 is 0 Å². The van der Waals surface area contributed by atoms with Crippen LogP contribution in [0.25, 0.3) is 0 Å². The molecule has 2 heterocycles. The Hall–Kier alpha value is -1.39. The summed E-state index contributed by atoms with van der Waals surface area (Å²) in [5, 5.41) is 0. The Labute approximate surface area is 144 Å². The van der Waals surface area contributed by atoms with Gasteiger partial charge in [0.1, 0.15) is 0 Å². The van der Waals surface area contributed by atoms with E-state index in [0.29, 0.717) is 12.5 Å². The van der Waals surface area contributed by atoms with Gasteiger partial charge in [-0.05, 0) is 37.8 Å². The molecule has 24 heavy (non-hydrogen) atoms. The first-order chi connectivity index (χ1) is 11.8. The van der Waals surface area contributed by atoms with Gasteiger partial charge in [-0.3, -0.25) is 9.69 Å². The lowest BCUT2D eigenvalue weighted by Gasteiger charge is -2.42. The largest absolute Gasteiger partial charge is 0.371 e. The fourth-order valence-electron chi connectivity index (χ4n) is 4.68. The van der Waals surface area contributed by atoms with E-state index in [2.05, 4.69) is 34.1 Å². The van der Waals surface area contributed by atoms with Gasteiger partial charge in [0.15, 0.2) is 0 Å². The van der Waals surface area contributed by atoms with E-state index in [0.717, 1.165) is 51.9 Å². The van der Waals surface area contributed by atoms with Crippen molar-refractivity contribution < 1.29 is 9.53 Å². The van der Waals surface area contributed by atoms with Crippen LogP contribution in [0.2, 0.25) is 0 Å². The number of nitrogens with zero attached hydrogens (tertiary/aromatic N) is 2. The molecule has 4 nitrogen and oxygen atoms in total. The van der Waals surface area contributed by atoms with Crippen molar-refractivity contribution in [2.45, 2.75) is 56.7 Å². The van der Waals surface area contributed by atoms with Gasteiger partial charge in [0.2, 0.25) is 5.91 Å². The molecule has 0 unspecified atom stereocenters. The fourth-order valence-corrected chi connectivity index (χ4v) is 4.68. The minimum Gasteiger partial charge on any atom is -0.371 e. The first-order valence-corrected chi connectivity index (χ1v) is 9.47. The maximum absolute atomic E-state index is 13.2. The molecule has 4 heteroatoms. The second-order valence-electron chi connectivity index (χ2n) is 7.61. The number of hydrogen-bond acceptors (Lipinski definition) is 3. The van der Waals surface area contributed by atoms with Crippen LogP contribution in [0.4, 0.5) is 0 Å². The molecule has 4 rings (SSSR count). The summed E-state index contributed by atoms with van der Waals surface area (Å²) in [6.45, 7) is 4.18. The summed E-state index contributed by atoms with van der Waals surface area (Å²) in [5.41, 5.74) is 1.27. The molecule has 1 aromatic carbocycles. The summed E-state index contributed by atoms with van der Waals surface area (Å²) in [7, 11) is 0. The van der Waals surface area contributed by atoms with Gasteiger partial charge in [-0.2, -0.15) is 0 Å². The Kier molecular flexibility index (Phi) is 4.59. The van der Waals surface area contributed by atoms with Gasteiger partial charge in [-0.1, -0.05) is 43.2 Å². The number of hydrogen-bond donors (Lipinski definition) is 0. The zero-order chi connectivity index (χ0) is 16.4. The number of ether oxygens (including phenoxy) is 1. The molecule has 2 saturated heterocycles. The quantitative estimate of drug-likeness (QED) is 0.855. The first kappa shape index (κ1) is 16.1. The summed E-state index contributed by atoms with van der Waals surface area (Å²) in [6.07, 6.45) is 6.84. The first-order valence-electron chi connectivity index (χ1n) is 9.47. The third kappa shape index (κ3) is 3.22. The Morgan fingerprint density at radius 3 is 2.71 bits per heavy atom. The van der Waals surface area contributed by atoms with Crippen LogP contribution in [-0.4, -0.2) is 53.6 Å². The monoisotopic (exact) mass is 328 g/mol. The lowest BCUT2D eigenvalue weighted by molar-refractivity contribution is -0.154. The molecule has 1 atom stereocenters. The molecule has 130 valence electrons. The van der Waals surface area contributed by atoms with Gasteiger partial charge >= 0.3 is 0 Å². The molecule has 0 radical (unpaired) electrons. The number of carbonyl (C=O) groups excluding carboxylic acids is 1. The standard InChI is InChI=1S/C20H28N2O2/c23-19(22-13-14-24-20(16-22)10-4-5-11-20)18-9-6-12-21(18)15-17-7-2-1-3-8-17/h1-3,7-8,18H,4-6,9-16H2/t18-/m0/s1. The van der Waals surface area contributed by atoms with Crippen LogP contribution in [0.3, 0.4) is 0 Å². The smallest absolute Gasteiger partial charge is 0.240 e. The zero-order valence-electron chi connectivity index (χ0n) is 14.5. The van der Waals surface area contributed by atoms with Crippen LogP contribution in [0.15, 0.2) is 30.3 Å². The average molecular weight is 328 g/mol. The molecule has 3 fully saturated rings. The predicted octanol–water partition coefficient (Wildman–Crippen LogP) is 2.82. The highest BCUT2D eigenvalue weighted by molar-refractivity contribution is 5.82. The van der Waals surface area contributed by atoms with Crippen molar-refractivity contribution in [1.82, 2.24) is 9.80 Å². The topological polar surface area (TPSA) is 32.8 Å². The van der Waals surface area contributed by atoms with Crippen LogP contribution in [0, 0.1) is 0 Å². The number of carbonyl (C=O) groups is 1. The Morgan fingerprint density at radius 1 is 1.12 bits per heavy atom. The van der Waals surface area contributed by atoms with Crippen LogP contribution in [-0.2, 0) is 16.1 Å². The number of benzene rings is 1. The van der Waals surface area contributed by atoms with E-state index < -0.39 is 0 Å². The van der Waals surface area contributed by atoms with Crippen molar-refractivity contribution in [2.75, 3.05) is 26.2 Å². The Balaban J connectivity index is 1.43. The highest BCUT2D eigenvalue weighted by Crippen LogP contribution is 2.36.